The van der Waals surface area contributed by atoms with Gasteiger partial charge in [0.2, 0.25) is 10.0 Å². The number of halogens is 1. The third-order valence-electron chi connectivity index (χ3n) is 5.96. The van der Waals surface area contributed by atoms with Crippen LogP contribution >= 0.6 is 12.4 Å². The van der Waals surface area contributed by atoms with Gasteiger partial charge in [0.1, 0.15) is 0 Å². The van der Waals surface area contributed by atoms with E-state index in [1.807, 2.05) is 4.90 Å². The molecule has 2 atom stereocenters. The monoisotopic (exact) mass is 413 g/mol. The summed E-state index contributed by atoms with van der Waals surface area (Å²) in [7, 11) is -3.55. The third-order valence-corrected chi connectivity index (χ3v) is 7.38. The van der Waals surface area contributed by atoms with Crippen molar-refractivity contribution >= 4 is 28.3 Å². The second-order valence-corrected chi connectivity index (χ2v) is 9.64. The fraction of sp³-hybridized carbons (Fsp3) is 0.632. The van der Waals surface area contributed by atoms with Crippen molar-refractivity contribution in [2.24, 2.45) is 17.8 Å². The number of nitrogens with zero attached hydrogens (tertiary/aromatic N) is 1. The van der Waals surface area contributed by atoms with Crippen molar-refractivity contribution in [1.82, 2.24) is 14.9 Å². The number of benzene rings is 1. The number of likely N-dealkylation sites (tertiary alicyclic amines) is 1. The maximum atomic E-state index is 12.9. The largest absolute Gasteiger partial charge is 0.339 e. The van der Waals surface area contributed by atoms with E-state index in [9.17, 15) is 13.2 Å². The van der Waals surface area contributed by atoms with Crippen LogP contribution in [0.25, 0.3) is 0 Å². The second-order valence-electron chi connectivity index (χ2n) is 7.87. The lowest BCUT2D eigenvalue weighted by molar-refractivity contribution is 0.0758. The van der Waals surface area contributed by atoms with Crippen molar-refractivity contribution in [2.75, 3.05) is 32.7 Å². The van der Waals surface area contributed by atoms with Gasteiger partial charge in [-0.25, -0.2) is 13.1 Å². The van der Waals surface area contributed by atoms with Crippen molar-refractivity contribution in [3.63, 3.8) is 0 Å². The minimum Gasteiger partial charge on any atom is -0.339 e. The van der Waals surface area contributed by atoms with E-state index in [-0.39, 0.29) is 23.2 Å². The van der Waals surface area contributed by atoms with Crippen molar-refractivity contribution < 1.29 is 13.2 Å². The van der Waals surface area contributed by atoms with Crippen LogP contribution in [0.3, 0.4) is 0 Å². The van der Waals surface area contributed by atoms with Gasteiger partial charge < -0.3 is 10.2 Å². The van der Waals surface area contributed by atoms with E-state index < -0.39 is 10.0 Å². The molecular weight excluding hydrogens is 386 g/mol. The van der Waals surface area contributed by atoms with Gasteiger partial charge in [-0.1, -0.05) is 6.07 Å². The molecule has 1 aliphatic carbocycles. The lowest BCUT2D eigenvalue weighted by atomic mass is 9.92. The molecule has 0 radical (unpaired) electrons. The first-order chi connectivity index (χ1) is 12.5. The van der Waals surface area contributed by atoms with Crippen LogP contribution in [0.15, 0.2) is 29.2 Å². The topological polar surface area (TPSA) is 78.5 Å². The number of carbonyl (C=O) groups is 1. The Kier molecular flexibility index (Phi) is 6.46. The maximum Gasteiger partial charge on any atom is 0.253 e. The molecule has 2 heterocycles. The Morgan fingerprint density at radius 2 is 1.78 bits per heavy atom. The molecule has 1 saturated carbocycles. The quantitative estimate of drug-likeness (QED) is 0.772. The highest BCUT2D eigenvalue weighted by Crippen LogP contribution is 2.29. The highest BCUT2D eigenvalue weighted by atomic mass is 35.5. The molecule has 4 rings (SSSR count). The van der Waals surface area contributed by atoms with Crippen LogP contribution in [-0.4, -0.2) is 51.9 Å². The molecule has 6 nitrogen and oxygen atoms in total. The van der Waals surface area contributed by atoms with E-state index >= 15 is 0 Å². The summed E-state index contributed by atoms with van der Waals surface area (Å²) in [6.07, 6.45) is 4.22. The molecule has 150 valence electrons. The Balaban J connectivity index is 0.00000210. The normalized spacial score (nSPS) is 25.4. The first kappa shape index (κ1) is 20.6. The van der Waals surface area contributed by atoms with Crippen LogP contribution in [0, 0.1) is 17.8 Å². The summed E-state index contributed by atoms with van der Waals surface area (Å²) in [4.78, 5) is 15.0. The summed E-state index contributed by atoms with van der Waals surface area (Å²) in [5.41, 5.74) is 0.462. The number of carbonyl (C=O) groups excluding carboxylic acids is 1. The zero-order valence-corrected chi connectivity index (χ0v) is 17.0. The number of hydrogen-bond donors (Lipinski definition) is 2. The molecule has 1 aromatic carbocycles. The molecule has 2 N–H and O–H groups in total. The molecular formula is C19H28ClN3O3S. The molecule has 3 aliphatic rings. The van der Waals surface area contributed by atoms with Gasteiger partial charge in [0.25, 0.3) is 5.91 Å². The maximum absolute atomic E-state index is 12.9. The predicted octanol–water partition coefficient (Wildman–Crippen LogP) is 1.87. The molecule has 1 amide bonds. The number of amides is 1. The Morgan fingerprint density at radius 1 is 1.11 bits per heavy atom. The summed E-state index contributed by atoms with van der Waals surface area (Å²) < 4.78 is 27.6. The van der Waals surface area contributed by atoms with Crippen LogP contribution in [0.5, 0.6) is 0 Å². The van der Waals surface area contributed by atoms with Crippen LogP contribution < -0.4 is 10.0 Å². The van der Waals surface area contributed by atoms with Gasteiger partial charge in [0.05, 0.1) is 4.90 Å². The average molecular weight is 414 g/mol. The fourth-order valence-corrected chi connectivity index (χ4v) is 5.19. The number of fused-ring (bicyclic) bond motifs is 1. The lowest BCUT2D eigenvalue weighted by Crippen LogP contribution is -2.33. The van der Waals surface area contributed by atoms with Crippen molar-refractivity contribution in [3.05, 3.63) is 29.8 Å². The molecule has 1 aromatic rings. The zero-order valence-electron chi connectivity index (χ0n) is 15.4. The van der Waals surface area contributed by atoms with Gasteiger partial charge in [-0.15, -0.1) is 12.4 Å². The number of rotatable bonds is 5. The van der Waals surface area contributed by atoms with Crippen molar-refractivity contribution in [2.45, 2.75) is 30.6 Å². The summed E-state index contributed by atoms with van der Waals surface area (Å²) in [6, 6.07) is 6.46. The summed E-state index contributed by atoms with van der Waals surface area (Å²) in [6.45, 7) is 4.08. The third kappa shape index (κ3) is 4.83. The smallest absolute Gasteiger partial charge is 0.253 e. The first-order valence-corrected chi connectivity index (χ1v) is 11.1. The van der Waals surface area contributed by atoms with Crippen LogP contribution in [0.1, 0.15) is 36.0 Å². The van der Waals surface area contributed by atoms with E-state index in [0.717, 1.165) is 51.9 Å². The molecule has 0 spiro atoms. The standard InChI is InChI=1S/C19H27N3O3S.ClH/c23-19(22-8-6-16-12-20-13-17(16)7-9-22)15-2-1-3-18(10-15)26(24,25)21-11-14-4-5-14;/h1-3,10,14,16-17,20-21H,4-9,11-13H2;1H/t16-,17+;. The Labute approximate surface area is 167 Å². The Hall–Kier alpha value is -1.15. The molecule has 2 saturated heterocycles. The Bertz CT molecular complexity index is 768. The summed E-state index contributed by atoms with van der Waals surface area (Å²) >= 11 is 0. The molecule has 2 aliphatic heterocycles. The number of sulfonamides is 1. The highest BCUT2D eigenvalue weighted by Gasteiger charge is 2.32. The van der Waals surface area contributed by atoms with Crippen LogP contribution in [0.4, 0.5) is 0 Å². The van der Waals surface area contributed by atoms with Gasteiger partial charge in [-0.2, -0.15) is 0 Å². The first-order valence-electron chi connectivity index (χ1n) is 9.62. The van der Waals surface area contributed by atoms with Gasteiger partial charge in [-0.05, 0) is 74.7 Å². The molecule has 0 unspecified atom stereocenters. The SMILES string of the molecule is Cl.O=C(c1cccc(S(=O)(=O)NCC2CC2)c1)N1CC[C@@H]2CNC[C@@H]2CC1. The van der Waals surface area contributed by atoms with Crippen LogP contribution in [-0.2, 0) is 10.0 Å². The summed E-state index contributed by atoms with van der Waals surface area (Å²) in [5, 5.41) is 3.44. The fourth-order valence-electron chi connectivity index (χ4n) is 4.03. The molecule has 8 heteroatoms. The number of hydrogen-bond acceptors (Lipinski definition) is 4. The van der Waals surface area contributed by atoms with Crippen molar-refractivity contribution in [1.29, 1.82) is 0 Å². The van der Waals surface area contributed by atoms with Gasteiger partial charge in [0, 0.05) is 25.2 Å². The molecule has 3 fully saturated rings. The average Bonchev–Trinajstić information content (AvgIpc) is 3.42. The second kappa shape index (κ2) is 8.47. The van der Waals surface area contributed by atoms with Gasteiger partial charge in [-0.3, -0.25) is 4.79 Å². The molecule has 0 aromatic heterocycles. The van der Waals surface area contributed by atoms with Gasteiger partial charge >= 0.3 is 0 Å². The van der Waals surface area contributed by atoms with E-state index in [2.05, 4.69) is 10.0 Å². The van der Waals surface area contributed by atoms with Crippen molar-refractivity contribution in [3.8, 4) is 0 Å². The predicted molar refractivity (Wildman–Crippen MR) is 107 cm³/mol. The molecule has 27 heavy (non-hydrogen) atoms. The van der Waals surface area contributed by atoms with E-state index in [4.69, 9.17) is 0 Å². The molecule has 0 bridgehead atoms. The summed E-state index contributed by atoms with van der Waals surface area (Å²) in [5.74, 6) is 1.73. The highest BCUT2D eigenvalue weighted by molar-refractivity contribution is 7.89. The van der Waals surface area contributed by atoms with E-state index in [1.165, 1.54) is 6.07 Å². The van der Waals surface area contributed by atoms with Gasteiger partial charge in [0.15, 0.2) is 0 Å². The van der Waals surface area contributed by atoms with E-state index in [1.54, 1.807) is 18.2 Å². The lowest BCUT2D eigenvalue weighted by Gasteiger charge is -2.21. The number of nitrogens with one attached hydrogen (secondary N) is 2. The minimum absolute atomic E-state index is 0. The van der Waals surface area contributed by atoms with Crippen LogP contribution in [0.2, 0.25) is 0 Å². The zero-order chi connectivity index (χ0) is 18.1. The minimum atomic E-state index is -3.55. The Morgan fingerprint density at radius 3 is 2.41 bits per heavy atom. The van der Waals surface area contributed by atoms with E-state index in [0.29, 0.717) is 29.9 Å².